The Kier molecular flexibility index (Phi) is 2.50. The van der Waals surface area contributed by atoms with Gasteiger partial charge < -0.3 is 9.84 Å². The molecule has 0 bridgehead atoms. The second-order valence-electron chi connectivity index (χ2n) is 3.10. The van der Waals surface area contributed by atoms with Crippen LogP contribution in [-0.4, -0.2) is 15.1 Å². The van der Waals surface area contributed by atoms with Gasteiger partial charge >= 0.3 is 5.69 Å². The molecule has 0 aromatic carbocycles. The third kappa shape index (κ3) is 1.97. The van der Waals surface area contributed by atoms with Gasteiger partial charge in [0.15, 0.2) is 5.82 Å². The fraction of sp³-hybridized carbons (Fsp3) is 0.111. The Morgan fingerprint density at radius 2 is 2.38 bits per heavy atom. The van der Waals surface area contributed by atoms with Gasteiger partial charge in [-0.3, -0.25) is 15.1 Å². The van der Waals surface area contributed by atoms with Crippen LogP contribution >= 0.6 is 0 Å². The lowest BCUT2D eigenvalue weighted by atomic mass is 10.3. The lowest BCUT2D eigenvalue weighted by molar-refractivity contribution is -0.384. The van der Waals surface area contributed by atoms with E-state index in [1.807, 2.05) is 0 Å². The van der Waals surface area contributed by atoms with Gasteiger partial charge in [0.05, 0.1) is 4.92 Å². The molecule has 2 aromatic heterocycles. The number of aromatic nitrogens is 2. The maximum atomic E-state index is 10.7. The minimum Gasteiger partial charge on any atom is -0.360 e. The molecular formula is C9H8N4O3. The summed E-state index contributed by atoms with van der Waals surface area (Å²) in [5.41, 5.74) is 0.219. The van der Waals surface area contributed by atoms with Crippen molar-refractivity contribution in [2.45, 2.75) is 6.92 Å². The first kappa shape index (κ1) is 10.1. The molecule has 0 aliphatic heterocycles. The van der Waals surface area contributed by atoms with E-state index in [1.54, 1.807) is 13.0 Å². The van der Waals surface area contributed by atoms with Crippen molar-refractivity contribution >= 4 is 17.2 Å². The number of hydrogen-bond donors (Lipinski definition) is 1. The molecule has 0 atom stereocenters. The summed E-state index contributed by atoms with van der Waals surface area (Å²) in [7, 11) is 0. The van der Waals surface area contributed by atoms with Crippen LogP contribution in [0.25, 0.3) is 0 Å². The molecule has 1 N–H and O–H groups in total. The molecule has 0 aliphatic rings. The zero-order valence-corrected chi connectivity index (χ0v) is 8.38. The van der Waals surface area contributed by atoms with Gasteiger partial charge in [0.25, 0.3) is 0 Å². The van der Waals surface area contributed by atoms with Gasteiger partial charge in [0.2, 0.25) is 0 Å². The molecule has 0 saturated heterocycles. The van der Waals surface area contributed by atoms with Gasteiger partial charge in [-0.15, -0.1) is 0 Å². The van der Waals surface area contributed by atoms with E-state index in [0.717, 1.165) is 0 Å². The molecule has 82 valence electrons. The summed E-state index contributed by atoms with van der Waals surface area (Å²) in [5.74, 6) is 1.05. The molecule has 0 spiro atoms. The Morgan fingerprint density at radius 3 is 3.00 bits per heavy atom. The first-order valence-electron chi connectivity index (χ1n) is 4.45. The Bertz CT molecular complexity index is 523. The molecule has 0 radical (unpaired) electrons. The maximum Gasteiger partial charge on any atom is 0.310 e. The van der Waals surface area contributed by atoms with Crippen LogP contribution in [0, 0.1) is 17.0 Å². The lowest BCUT2D eigenvalue weighted by Crippen LogP contribution is -1.97. The average molecular weight is 220 g/mol. The fourth-order valence-electron chi connectivity index (χ4n) is 1.20. The van der Waals surface area contributed by atoms with E-state index in [1.165, 1.54) is 18.5 Å². The van der Waals surface area contributed by atoms with E-state index >= 15 is 0 Å². The van der Waals surface area contributed by atoms with E-state index in [9.17, 15) is 10.1 Å². The van der Waals surface area contributed by atoms with Crippen LogP contribution in [0.2, 0.25) is 0 Å². The summed E-state index contributed by atoms with van der Waals surface area (Å²) >= 11 is 0. The lowest BCUT2D eigenvalue weighted by Gasteiger charge is -2.01. The van der Waals surface area contributed by atoms with Crippen molar-refractivity contribution in [3.63, 3.8) is 0 Å². The van der Waals surface area contributed by atoms with E-state index in [2.05, 4.69) is 15.5 Å². The predicted octanol–water partition coefficient (Wildman–Crippen LogP) is 2.03. The van der Waals surface area contributed by atoms with Gasteiger partial charge in [-0.2, -0.15) is 0 Å². The molecule has 0 saturated carbocycles. The molecule has 0 aliphatic carbocycles. The maximum absolute atomic E-state index is 10.7. The molecule has 2 aromatic rings. The van der Waals surface area contributed by atoms with Crippen LogP contribution in [0.15, 0.2) is 29.0 Å². The van der Waals surface area contributed by atoms with Crippen LogP contribution < -0.4 is 5.32 Å². The van der Waals surface area contributed by atoms with Crippen LogP contribution in [-0.2, 0) is 0 Å². The first-order valence-corrected chi connectivity index (χ1v) is 4.45. The third-order valence-electron chi connectivity index (χ3n) is 1.89. The van der Waals surface area contributed by atoms with Crippen molar-refractivity contribution in [3.05, 3.63) is 40.4 Å². The molecular weight excluding hydrogens is 212 g/mol. The summed E-state index contributed by atoms with van der Waals surface area (Å²) < 4.78 is 4.84. The smallest absolute Gasteiger partial charge is 0.310 e. The number of nitrogens with one attached hydrogen (secondary N) is 1. The zero-order valence-electron chi connectivity index (χ0n) is 8.38. The van der Waals surface area contributed by atoms with Crippen molar-refractivity contribution in [1.82, 2.24) is 10.1 Å². The Morgan fingerprint density at radius 1 is 1.56 bits per heavy atom. The highest BCUT2D eigenvalue weighted by Gasteiger charge is 2.14. The summed E-state index contributed by atoms with van der Waals surface area (Å²) in [5, 5.41) is 17.2. The molecule has 7 nitrogen and oxygen atoms in total. The Balaban J connectivity index is 2.31. The van der Waals surface area contributed by atoms with Gasteiger partial charge in [-0.05, 0) is 13.0 Å². The highest BCUT2D eigenvalue weighted by atomic mass is 16.6. The predicted molar refractivity (Wildman–Crippen MR) is 55.4 cm³/mol. The van der Waals surface area contributed by atoms with Crippen molar-refractivity contribution in [3.8, 4) is 0 Å². The van der Waals surface area contributed by atoms with Gasteiger partial charge in [0, 0.05) is 12.3 Å². The second-order valence-corrected chi connectivity index (χ2v) is 3.10. The van der Waals surface area contributed by atoms with Crippen molar-refractivity contribution < 1.29 is 9.45 Å². The van der Waals surface area contributed by atoms with Crippen molar-refractivity contribution in [2.75, 3.05) is 5.32 Å². The second kappa shape index (κ2) is 3.97. The van der Waals surface area contributed by atoms with E-state index < -0.39 is 4.92 Å². The number of anilines is 2. The van der Waals surface area contributed by atoms with E-state index in [-0.39, 0.29) is 5.69 Å². The number of aryl methyl sites for hydroxylation is 1. The summed E-state index contributed by atoms with van der Waals surface area (Å²) in [4.78, 5) is 13.9. The quantitative estimate of drug-likeness (QED) is 0.628. The molecule has 0 fully saturated rings. The van der Waals surface area contributed by atoms with E-state index in [0.29, 0.717) is 17.3 Å². The van der Waals surface area contributed by atoms with Gasteiger partial charge in [-0.25, -0.2) is 0 Å². The number of pyridine rings is 1. The van der Waals surface area contributed by atoms with Crippen LogP contribution in [0.4, 0.5) is 17.2 Å². The van der Waals surface area contributed by atoms with Crippen LogP contribution in [0.1, 0.15) is 5.76 Å². The number of hydrogen-bond acceptors (Lipinski definition) is 6. The topological polar surface area (TPSA) is 94.1 Å². The normalized spacial score (nSPS) is 10.1. The average Bonchev–Trinajstić information content (AvgIpc) is 2.64. The molecule has 0 amide bonds. The van der Waals surface area contributed by atoms with Crippen LogP contribution in [0.3, 0.4) is 0 Å². The standard InChI is InChI=1S/C9H8N4O3/c1-6-4-9(12-16-6)11-7-2-3-10-5-8(7)13(14)15/h2-5H,1H3,(H,10,11,12). The zero-order chi connectivity index (χ0) is 11.5. The highest BCUT2D eigenvalue weighted by Crippen LogP contribution is 2.25. The Hall–Kier alpha value is -2.44. The Labute approximate surface area is 90.2 Å². The minimum atomic E-state index is -0.512. The van der Waals surface area contributed by atoms with Gasteiger partial charge in [-0.1, -0.05) is 5.16 Å². The summed E-state index contributed by atoms with van der Waals surface area (Å²) in [6.45, 7) is 1.74. The minimum absolute atomic E-state index is 0.108. The van der Waals surface area contributed by atoms with E-state index in [4.69, 9.17) is 4.52 Å². The first-order chi connectivity index (χ1) is 7.66. The molecule has 7 heteroatoms. The summed E-state index contributed by atoms with van der Waals surface area (Å²) in [6.07, 6.45) is 2.64. The third-order valence-corrected chi connectivity index (χ3v) is 1.89. The molecule has 0 unspecified atom stereocenters. The highest BCUT2D eigenvalue weighted by molar-refractivity contribution is 5.66. The van der Waals surface area contributed by atoms with Crippen molar-refractivity contribution in [2.24, 2.45) is 0 Å². The molecule has 2 rings (SSSR count). The molecule has 16 heavy (non-hydrogen) atoms. The number of rotatable bonds is 3. The SMILES string of the molecule is Cc1cc(Nc2ccncc2[N+](=O)[O-])no1. The van der Waals surface area contributed by atoms with Gasteiger partial charge in [0.1, 0.15) is 17.6 Å². The largest absolute Gasteiger partial charge is 0.360 e. The summed E-state index contributed by atoms with van der Waals surface area (Å²) in [6, 6.07) is 3.15. The van der Waals surface area contributed by atoms with Crippen molar-refractivity contribution in [1.29, 1.82) is 0 Å². The molecule has 2 heterocycles. The monoisotopic (exact) mass is 220 g/mol. The number of nitrogens with zero attached hydrogens (tertiary/aromatic N) is 3. The fourth-order valence-corrected chi connectivity index (χ4v) is 1.20. The van der Waals surface area contributed by atoms with Crippen LogP contribution in [0.5, 0.6) is 0 Å². The number of nitro groups is 1.